The van der Waals surface area contributed by atoms with E-state index < -0.39 is 5.60 Å². The third-order valence-corrected chi connectivity index (χ3v) is 2.56. The maximum absolute atomic E-state index is 9.43. The van der Waals surface area contributed by atoms with Crippen LogP contribution in [0.5, 0.6) is 0 Å². The van der Waals surface area contributed by atoms with Crippen molar-refractivity contribution < 1.29 is 5.11 Å². The van der Waals surface area contributed by atoms with Crippen LogP contribution >= 0.6 is 11.3 Å². The van der Waals surface area contributed by atoms with Crippen LogP contribution in [-0.2, 0) is 6.54 Å². The van der Waals surface area contributed by atoms with Crippen LogP contribution in [0.2, 0.25) is 0 Å². The summed E-state index contributed by atoms with van der Waals surface area (Å²) in [6, 6.07) is 1.89. The van der Waals surface area contributed by atoms with Gasteiger partial charge in [-0.3, -0.25) is 0 Å². The number of nitrogens with two attached hydrogens (primary N) is 1. The van der Waals surface area contributed by atoms with E-state index in [0.717, 1.165) is 17.1 Å². The van der Waals surface area contributed by atoms with Gasteiger partial charge in [0.1, 0.15) is 0 Å². The highest BCUT2D eigenvalue weighted by Crippen LogP contribution is 2.18. The normalized spacial score (nSPS) is 11.9. The largest absolute Gasteiger partial charge is 0.398 e. The standard InChI is InChI=1S/C9H16N2OS/c1-9(2,12)6-11-5-8-7(10)3-4-13-8/h3-4,11-12H,5-6,10H2,1-2H3. The van der Waals surface area contributed by atoms with Crippen molar-refractivity contribution in [2.75, 3.05) is 12.3 Å². The molecule has 1 aromatic rings. The molecule has 0 radical (unpaired) electrons. The lowest BCUT2D eigenvalue weighted by Crippen LogP contribution is -2.34. The van der Waals surface area contributed by atoms with Crippen molar-refractivity contribution in [3.05, 3.63) is 16.3 Å². The molecule has 0 spiro atoms. The van der Waals surface area contributed by atoms with Crippen molar-refractivity contribution in [2.24, 2.45) is 0 Å². The van der Waals surface area contributed by atoms with Crippen LogP contribution in [-0.4, -0.2) is 17.3 Å². The van der Waals surface area contributed by atoms with Crippen LogP contribution in [0.3, 0.4) is 0 Å². The Morgan fingerprint density at radius 3 is 2.77 bits per heavy atom. The van der Waals surface area contributed by atoms with Gasteiger partial charge in [-0.05, 0) is 25.3 Å². The smallest absolute Gasteiger partial charge is 0.0715 e. The average molecular weight is 200 g/mol. The Hall–Kier alpha value is -0.580. The number of aliphatic hydroxyl groups is 1. The summed E-state index contributed by atoms with van der Waals surface area (Å²) in [5.41, 5.74) is 5.86. The van der Waals surface area contributed by atoms with Crippen molar-refractivity contribution in [1.29, 1.82) is 0 Å². The van der Waals surface area contributed by atoms with E-state index in [1.165, 1.54) is 0 Å². The number of thiophene rings is 1. The van der Waals surface area contributed by atoms with Gasteiger partial charge < -0.3 is 16.2 Å². The van der Waals surface area contributed by atoms with E-state index in [1.54, 1.807) is 25.2 Å². The average Bonchev–Trinajstić information content (AvgIpc) is 2.34. The second kappa shape index (κ2) is 4.09. The predicted molar refractivity (Wildman–Crippen MR) is 56.7 cm³/mol. The Balaban J connectivity index is 2.32. The Morgan fingerprint density at radius 2 is 2.31 bits per heavy atom. The lowest BCUT2D eigenvalue weighted by atomic mass is 10.1. The molecule has 0 bridgehead atoms. The first kappa shape index (κ1) is 10.5. The minimum Gasteiger partial charge on any atom is -0.398 e. The molecule has 4 N–H and O–H groups in total. The van der Waals surface area contributed by atoms with E-state index in [1.807, 2.05) is 11.4 Å². The monoisotopic (exact) mass is 200 g/mol. The van der Waals surface area contributed by atoms with Gasteiger partial charge in [0.05, 0.1) is 5.60 Å². The van der Waals surface area contributed by atoms with Crippen molar-refractivity contribution >= 4 is 17.0 Å². The van der Waals surface area contributed by atoms with Crippen molar-refractivity contribution in [3.8, 4) is 0 Å². The van der Waals surface area contributed by atoms with Crippen molar-refractivity contribution in [2.45, 2.75) is 26.0 Å². The van der Waals surface area contributed by atoms with E-state index in [0.29, 0.717) is 6.54 Å². The molecule has 0 saturated heterocycles. The first-order valence-corrected chi connectivity index (χ1v) is 5.12. The Morgan fingerprint density at radius 1 is 1.62 bits per heavy atom. The van der Waals surface area contributed by atoms with E-state index >= 15 is 0 Å². The molecule has 74 valence electrons. The second-order valence-corrected chi connectivity index (χ2v) is 4.72. The van der Waals surface area contributed by atoms with Crippen LogP contribution in [0.15, 0.2) is 11.4 Å². The first-order chi connectivity index (χ1) is 5.99. The molecule has 1 rings (SSSR count). The maximum Gasteiger partial charge on any atom is 0.0715 e. The van der Waals surface area contributed by atoms with Crippen LogP contribution < -0.4 is 11.1 Å². The number of nitrogens with one attached hydrogen (secondary N) is 1. The summed E-state index contributed by atoms with van der Waals surface area (Å²) < 4.78 is 0. The van der Waals surface area contributed by atoms with Gasteiger partial charge in [-0.2, -0.15) is 0 Å². The van der Waals surface area contributed by atoms with Crippen molar-refractivity contribution in [1.82, 2.24) is 5.32 Å². The van der Waals surface area contributed by atoms with E-state index in [4.69, 9.17) is 5.73 Å². The molecule has 1 heterocycles. The summed E-state index contributed by atoms with van der Waals surface area (Å²) in [6.45, 7) is 4.85. The number of nitrogen functional groups attached to an aromatic ring is 1. The number of hydrogen-bond acceptors (Lipinski definition) is 4. The van der Waals surface area contributed by atoms with E-state index in [-0.39, 0.29) is 0 Å². The fourth-order valence-electron chi connectivity index (χ4n) is 0.976. The lowest BCUT2D eigenvalue weighted by Gasteiger charge is -2.17. The molecule has 0 amide bonds. The maximum atomic E-state index is 9.43. The zero-order chi connectivity index (χ0) is 9.90. The third kappa shape index (κ3) is 3.76. The predicted octanol–water partition coefficient (Wildman–Crippen LogP) is 1.19. The molecule has 0 aromatic carbocycles. The van der Waals surface area contributed by atoms with Gasteiger partial charge in [0.15, 0.2) is 0 Å². The second-order valence-electron chi connectivity index (χ2n) is 3.72. The molecule has 1 aromatic heterocycles. The number of anilines is 1. The minimum atomic E-state index is -0.661. The molecular formula is C9H16N2OS. The topological polar surface area (TPSA) is 58.3 Å². The van der Waals surface area contributed by atoms with E-state index in [2.05, 4.69) is 5.32 Å². The van der Waals surface area contributed by atoms with E-state index in [9.17, 15) is 5.11 Å². The van der Waals surface area contributed by atoms with Crippen LogP contribution in [0.25, 0.3) is 0 Å². The molecule has 0 aliphatic carbocycles. The van der Waals surface area contributed by atoms with Gasteiger partial charge in [-0.25, -0.2) is 0 Å². The highest BCUT2D eigenvalue weighted by molar-refractivity contribution is 7.10. The van der Waals surface area contributed by atoms with Crippen LogP contribution in [0.4, 0.5) is 5.69 Å². The molecule has 4 heteroatoms. The van der Waals surface area contributed by atoms with Gasteiger partial charge in [-0.1, -0.05) is 0 Å². The summed E-state index contributed by atoms with van der Waals surface area (Å²) >= 11 is 1.63. The zero-order valence-electron chi connectivity index (χ0n) is 8.00. The third-order valence-electron chi connectivity index (χ3n) is 1.62. The molecular weight excluding hydrogens is 184 g/mol. The van der Waals surface area contributed by atoms with Gasteiger partial charge >= 0.3 is 0 Å². The van der Waals surface area contributed by atoms with Crippen molar-refractivity contribution in [3.63, 3.8) is 0 Å². The van der Waals surface area contributed by atoms with Gasteiger partial charge in [0.25, 0.3) is 0 Å². The summed E-state index contributed by atoms with van der Waals surface area (Å²) in [4.78, 5) is 1.13. The van der Waals surface area contributed by atoms with Gasteiger partial charge in [-0.15, -0.1) is 11.3 Å². The van der Waals surface area contributed by atoms with Crippen LogP contribution in [0.1, 0.15) is 18.7 Å². The fourth-order valence-corrected chi connectivity index (χ4v) is 1.74. The molecule has 3 nitrogen and oxygen atoms in total. The number of rotatable bonds is 4. The Kier molecular flexibility index (Phi) is 3.30. The highest BCUT2D eigenvalue weighted by atomic mass is 32.1. The molecule has 13 heavy (non-hydrogen) atoms. The highest BCUT2D eigenvalue weighted by Gasteiger charge is 2.11. The molecule has 0 aliphatic rings. The molecule has 0 unspecified atom stereocenters. The quantitative estimate of drug-likeness (QED) is 0.684. The Bertz CT molecular complexity index is 265. The van der Waals surface area contributed by atoms with Gasteiger partial charge in [0, 0.05) is 23.7 Å². The number of hydrogen-bond donors (Lipinski definition) is 3. The molecule has 0 atom stereocenters. The SMILES string of the molecule is CC(C)(O)CNCc1sccc1N. The summed E-state index contributed by atoms with van der Waals surface area (Å²) in [7, 11) is 0. The fraction of sp³-hybridized carbons (Fsp3) is 0.556. The zero-order valence-corrected chi connectivity index (χ0v) is 8.82. The lowest BCUT2D eigenvalue weighted by molar-refractivity contribution is 0.0796. The minimum absolute atomic E-state index is 0.574. The van der Waals surface area contributed by atoms with Crippen LogP contribution in [0, 0.1) is 0 Å². The molecule has 0 fully saturated rings. The Labute approximate surface area is 82.6 Å². The molecule has 0 aliphatic heterocycles. The summed E-state index contributed by atoms with van der Waals surface area (Å²) in [5.74, 6) is 0. The van der Waals surface area contributed by atoms with Gasteiger partial charge in [0.2, 0.25) is 0 Å². The summed E-state index contributed by atoms with van der Waals surface area (Å²) in [5, 5.41) is 14.5. The molecule has 0 saturated carbocycles. The first-order valence-electron chi connectivity index (χ1n) is 4.24. The summed E-state index contributed by atoms with van der Waals surface area (Å²) in [6.07, 6.45) is 0.